The fraction of sp³-hybridized carbons (Fsp3) is 0.571. The fourth-order valence-corrected chi connectivity index (χ4v) is 6.31. The highest BCUT2D eigenvalue weighted by atomic mass is 32.2. The van der Waals surface area contributed by atoms with Crippen LogP contribution in [0, 0.1) is 0 Å². The normalized spacial score (nSPS) is 32.2. The van der Waals surface area contributed by atoms with Gasteiger partial charge in [0.15, 0.2) is 5.79 Å². The van der Waals surface area contributed by atoms with Gasteiger partial charge in [-0.1, -0.05) is 41.6 Å². The van der Waals surface area contributed by atoms with Gasteiger partial charge >= 0.3 is 5.97 Å². The van der Waals surface area contributed by atoms with E-state index in [2.05, 4.69) is 12.2 Å². The van der Waals surface area contributed by atoms with Crippen molar-refractivity contribution in [2.75, 3.05) is 20.0 Å². The molecule has 1 aromatic rings. The van der Waals surface area contributed by atoms with Gasteiger partial charge < -0.3 is 23.8 Å². The number of rotatable bonds is 5. The van der Waals surface area contributed by atoms with Crippen molar-refractivity contribution in [3.63, 3.8) is 0 Å². The summed E-state index contributed by atoms with van der Waals surface area (Å²) in [5.74, 6) is -0.0489. The molecule has 0 radical (unpaired) electrons. The Kier molecular flexibility index (Phi) is 9.14. The quantitative estimate of drug-likeness (QED) is 0.371. The molecule has 2 saturated heterocycles. The average Bonchev–Trinajstić information content (AvgIpc) is 3.23. The van der Waals surface area contributed by atoms with E-state index in [1.807, 2.05) is 36.1 Å². The molecule has 0 spiro atoms. The Hall–Kier alpha value is -2.29. The van der Waals surface area contributed by atoms with Crippen molar-refractivity contribution in [3.8, 4) is 5.75 Å². The van der Waals surface area contributed by atoms with E-state index < -0.39 is 5.79 Å². The Morgan fingerprint density at radius 2 is 1.89 bits per heavy atom. The number of thioether (sulfide) groups is 1. The topological polar surface area (TPSA) is 74.3 Å². The van der Waals surface area contributed by atoms with Crippen molar-refractivity contribution in [2.45, 2.75) is 82.5 Å². The van der Waals surface area contributed by atoms with Gasteiger partial charge in [-0.25, -0.2) is 4.79 Å². The Labute approximate surface area is 218 Å². The monoisotopic (exact) mass is 515 g/mol. The maximum Gasteiger partial charge on any atom is 0.330 e. The molecule has 2 bridgehead atoms. The smallest absolute Gasteiger partial charge is 0.330 e. The molecule has 0 aliphatic carbocycles. The van der Waals surface area contributed by atoms with Crippen LogP contribution < -0.4 is 4.74 Å². The molecular formula is C28H37NO6S. The first-order chi connectivity index (χ1) is 17.4. The van der Waals surface area contributed by atoms with Gasteiger partial charge in [0.25, 0.3) is 5.24 Å². The second-order valence-electron chi connectivity index (χ2n) is 9.75. The predicted molar refractivity (Wildman–Crippen MR) is 140 cm³/mol. The van der Waals surface area contributed by atoms with Crippen molar-refractivity contribution in [2.24, 2.45) is 0 Å². The van der Waals surface area contributed by atoms with E-state index in [-0.39, 0.29) is 29.5 Å². The van der Waals surface area contributed by atoms with E-state index in [1.165, 1.54) is 11.8 Å². The summed E-state index contributed by atoms with van der Waals surface area (Å²) >= 11 is 1.28. The SMILES string of the molecule is COc1ccc(CN2C(=O)SC[C@H]2C2(OC)C[C@H]3C[C@@H](CCC/C=C\CC/C(C)=C\C(=O)O3)O2)cc1. The highest BCUT2D eigenvalue weighted by Crippen LogP contribution is 2.43. The summed E-state index contributed by atoms with van der Waals surface area (Å²) in [4.78, 5) is 27.5. The number of fused-ring (bicyclic) bond motifs is 2. The summed E-state index contributed by atoms with van der Waals surface area (Å²) in [7, 11) is 3.26. The minimum atomic E-state index is -1.05. The minimum Gasteiger partial charge on any atom is -0.497 e. The average molecular weight is 516 g/mol. The van der Waals surface area contributed by atoms with Crippen LogP contribution in [0.5, 0.6) is 5.75 Å². The summed E-state index contributed by atoms with van der Waals surface area (Å²) < 4.78 is 24.0. The van der Waals surface area contributed by atoms with Gasteiger partial charge in [0.1, 0.15) is 11.9 Å². The lowest BCUT2D eigenvalue weighted by molar-refractivity contribution is -0.305. The third-order valence-electron chi connectivity index (χ3n) is 7.16. The van der Waals surface area contributed by atoms with Crippen LogP contribution in [0.25, 0.3) is 0 Å². The summed E-state index contributed by atoms with van der Waals surface area (Å²) in [6, 6.07) is 7.42. The maximum atomic E-state index is 13.0. The third kappa shape index (κ3) is 6.52. The zero-order valence-electron chi connectivity index (χ0n) is 21.4. The van der Waals surface area contributed by atoms with Crippen LogP contribution in [-0.4, -0.2) is 60.1 Å². The molecule has 3 aliphatic heterocycles. The standard InChI is InChI=1S/C28H37NO6S/c1-20-9-7-5-4-6-8-10-23-16-24(34-26(30)15-20)17-28(33-3,35-23)25-19-36-27(31)29(25)18-21-11-13-22(32-2)14-12-21/h4-5,11-15,23-25H,6-10,16-19H2,1-3H3/b5-4-,20-15-/t23-,24-,25+,28?/m1/s1. The third-order valence-corrected chi connectivity index (χ3v) is 8.12. The Morgan fingerprint density at radius 1 is 1.11 bits per heavy atom. The lowest BCUT2D eigenvalue weighted by Gasteiger charge is -2.48. The maximum absolute atomic E-state index is 13.0. The molecule has 1 unspecified atom stereocenters. The molecule has 1 amide bonds. The summed E-state index contributed by atoms with van der Waals surface area (Å²) in [5, 5.41) is -0.00246. The van der Waals surface area contributed by atoms with Crippen molar-refractivity contribution >= 4 is 23.0 Å². The molecule has 4 rings (SSSR count). The van der Waals surface area contributed by atoms with Gasteiger partial charge in [-0.15, -0.1) is 0 Å². The Bertz CT molecular complexity index is 977. The van der Waals surface area contributed by atoms with Crippen LogP contribution in [-0.2, 0) is 25.5 Å². The van der Waals surface area contributed by atoms with E-state index in [0.717, 1.165) is 49.0 Å². The van der Waals surface area contributed by atoms with E-state index >= 15 is 0 Å². The van der Waals surface area contributed by atoms with E-state index in [0.29, 0.717) is 25.1 Å². The van der Waals surface area contributed by atoms with Gasteiger partial charge in [-0.05, 0) is 56.7 Å². The first kappa shape index (κ1) is 26.8. The molecule has 0 N–H and O–H groups in total. The van der Waals surface area contributed by atoms with Gasteiger partial charge in [0, 0.05) is 38.3 Å². The molecule has 2 fully saturated rings. The number of amides is 1. The largest absolute Gasteiger partial charge is 0.497 e. The van der Waals surface area contributed by atoms with Crippen LogP contribution in [0.1, 0.15) is 57.4 Å². The number of hydrogen-bond acceptors (Lipinski definition) is 7. The van der Waals surface area contributed by atoms with Gasteiger partial charge in [-0.2, -0.15) is 0 Å². The van der Waals surface area contributed by atoms with Gasteiger partial charge in [-0.3, -0.25) is 4.79 Å². The predicted octanol–water partition coefficient (Wildman–Crippen LogP) is 5.63. The lowest BCUT2D eigenvalue weighted by Crippen LogP contribution is -2.60. The fourth-order valence-electron chi connectivity index (χ4n) is 5.22. The van der Waals surface area contributed by atoms with Crippen LogP contribution in [0.2, 0.25) is 0 Å². The van der Waals surface area contributed by atoms with Crippen molar-refractivity contribution in [1.82, 2.24) is 4.90 Å². The molecule has 1 aromatic carbocycles. The van der Waals surface area contributed by atoms with Crippen LogP contribution >= 0.6 is 11.8 Å². The van der Waals surface area contributed by atoms with E-state index in [9.17, 15) is 9.59 Å². The number of hydrogen-bond donors (Lipinski definition) is 0. The van der Waals surface area contributed by atoms with Crippen LogP contribution in [0.3, 0.4) is 0 Å². The molecule has 8 heteroatoms. The second-order valence-corrected chi connectivity index (χ2v) is 10.7. The van der Waals surface area contributed by atoms with E-state index in [4.69, 9.17) is 18.9 Å². The van der Waals surface area contributed by atoms with Crippen LogP contribution in [0.4, 0.5) is 4.79 Å². The molecule has 196 valence electrons. The Balaban J connectivity index is 1.58. The molecule has 7 nitrogen and oxygen atoms in total. The van der Waals surface area contributed by atoms with Crippen molar-refractivity contribution < 1.29 is 28.5 Å². The molecule has 4 atom stereocenters. The van der Waals surface area contributed by atoms with E-state index in [1.54, 1.807) is 20.3 Å². The summed E-state index contributed by atoms with van der Waals surface area (Å²) in [6.45, 7) is 2.41. The number of ether oxygens (including phenoxy) is 4. The number of carbonyl (C=O) groups is 2. The second kappa shape index (κ2) is 12.3. The number of allylic oxidation sites excluding steroid dienone is 3. The number of methoxy groups -OCH3 is 2. The Morgan fingerprint density at radius 3 is 2.64 bits per heavy atom. The summed E-state index contributed by atoms with van der Waals surface area (Å²) in [6.07, 6.45) is 11.1. The number of esters is 1. The first-order valence-electron chi connectivity index (χ1n) is 12.7. The molecule has 3 aliphatic rings. The molecule has 3 heterocycles. The number of benzene rings is 1. The first-order valence-corrected chi connectivity index (χ1v) is 13.7. The van der Waals surface area contributed by atoms with Crippen LogP contribution in [0.15, 0.2) is 48.1 Å². The number of carbonyl (C=O) groups excluding carboxylic acids is 2. The highest BCUT2D eigenvalue weighted by Gasteiger charge is 2.54. The number of nitrogens with zero attached hydrogens (tertiary/aromatic N) is 1. The van der Waals surface area contributed by atoms with Crippen molar-refractivity contribution in [1.29, 1.82) is 0 Å². The molecule has 0 saturated carbocycles. The highest BCUT2D eigenvalue weighted by molar-refractivity contribution is 8.13. The van der Waals surface area contributed by atoms with Gasteiger partial charge in [0.2, 0.25) is 0 Å². The minimum absolute atomic E-state index is 0.00246. The van der Waals surface area contributed by atoms with Gasteiger partial charge in [0.05, 0.1) is 19.3 Å². The zero-order valence-corrected chi connectivity index (χ0v) is 22.3. The molecular weight excluding hydrogens is 478 g/mol. The molecule has 0 aromatic heterocycles. The lowest BCUT2D eigenvalue weighted by atomic mass is 9.90. The van der Waals surface area contributed by atoms with Crippen molar-refractivity contribution in [3.05, 3.63) is 53.6 Å². The zero-order chi connectivity index (χ0) is 25.5. The molecule has 36 heavy (non-hydrogen) atoms. The summed E-state index contributed by atoms with van der Waals surface area (Å²) in [5.41, 5.74) is 2.01.